The minimum atomic E-state index is 0.00339. The Morgan fingerprint density at radius 1 is 1.20 bits per heavy atom. The van der Waals surface area contributed by atoms with Crippen molar-refractivity contribution >= 4 is 28.4 Å². The zero-order valence-corrected chi connectivity index (χ0v) is 15.2. The number of carbonyl (C=O) groups excluding carboxylic acids is 1. The SMILES string of the molecule is CN(C)C(CNC(=O)Cc1c[nH]c2ccc(Cl)cc12)c1ccccc1. The Morgan fingerprint density at radius 2 is 1.96 bits per heavy atom. The van der Waals surface area contributed by atoms with Gasteiger partial charge in [0.05, 0.1) is 12.5 Å². The maximum absolute atomic E-state index is 12.4. The molecule has 0 spiro atoms. The summed E-state index contributed by atoms with van der Waals surface area (Å²) in [4.78, 5) is 17.7. The van der Waals surface area contributed by atoms with Gasteiger partial charge >= 0.3 is 0 Å². The molecule has 1 atom stereocenters. The lowest BCUT2D eigenvalue weighted by molar-refractivity contribution is -0.120. The molecule has 0 saturated carbocycles. The molecule has 3 rings (SSSR count). The number of hydrogen-bond donors (Lipinski definition) is 2. The summed E-state index contributed by atoms with van der Waals surface area (Å²) >= 11 is 6.07. The van der Waals surface area contributed by atoms with Crippen LogP contribution in [0.4, 0.5) is 0 Å². The number of aromatic amines is 1. The first kappa shape index (κ1) is 17.5. The average molecular weight is 356 g/mol. The molecule has 25 heavy (non-hydrogen) atoms. The van der Waals surface area contributed by atoms with Crippen LogP contribution in [0.25, 0.3) is 10.9 Å². The molecule has 2 N–H and O–H groups in total. The first-order valence-corrected chi connectivity index (χ1v) is 8.66. The number of H-pyrrole nitrogens is 1. The minimum absolute atomic E-state index is 0.00339. The van der Waals surface area contributed by atoms with E-state index in [2.05, 4.69) is 27.3 Å². The summed E-state index contributed by atoms with van der Waals surface area (Å²) in [5.74, 6) is 0.00339. The van der Waals surface area contributed by atoms with E-state index in [4.69, 9.17) is 11.6 Å². The van der Waals surface area contributed by atoms with E-state index in [0.29, 0.717) is 18.0 Å². The van der Waals surface area contributed by atoms with Crippen LogP contribution in [0.15, 0.2) is 54.7 Å². The van der Waals surface area contributed by atoms with Gasteiger partial charge in [-0.15, -0.1) is 0 Å². The number of fused-ring (bicyclic) bond motifs is 1. The number of benzene rings is 2. The van der Waals surface area contributed by atoms with Gasteiger partial charge in [-0.3, -0.25) is 4.79 Å². The summed E-state index contributed by atoms with van der Waals surface area (Å²) in [6.07, 6.45) is 2.20. The molecule has 1 aromatic heterocycles. The molecule has 1 heterocycles. The van der Waals surface area contributed by atoms with Crippen LogP contribution in [0.5, 0.6) is 0 Å². The molecule has 0 bridgehead atoms. The smallest absolute Gasteiger partial charge is 0.224 e. The lowest BCUT2D eigenvalue weighted by Crippen LogP contribution is -2.35. The number of nitrogens with zero attached hydrogens (tertiary/aromatic N) is 1. The van der Waals surface area contributed by atoms with Crippen LogP contribution in [-0.4, -0.2) is 36.4 Å². The van der Waals surface area contributed by atoms with Crippen molar-refractivity contribution < 1.29 is 4.79 Å². The van der Waals surface area contributed by atoms with Crippen LogP contribution in [0.3, 0.4) is 0 Å². The standard InChI is InChI=1S/C20H22ClN3O/c1-24(2)19(14-6-4-3-5-7-14)13-23-20(25)10-15-12-22-18-9-8-16(21)11-17(15)18/h3-9,11-12,19,22H,10,13H2,1-2H3,(H,23,25). The Labute approximate surface area is 152 Å². The van der Waals surface area contributed by atoms with Gasteiger partial charge in [0.15, 0.2) is 0 Å². The highest BCUT2D eigenvalue weighted by atomic mass is 35.5. The zero-order chi connectivity index (χ0) is 17.8. The Balaban J connectivity index is 1.66. The van der Waals surface area contributed by atoms with Gasteiger partial charge in [-0.2, -0.15) is 0 Å². The Bertz CT molecular complexity index is 858. The van der Waals surface area contributed by atoms with E-state index >= 15 is 0 Å². The molecular formula is C20H22ClN3O. The molecule has 1 amide bonds. The molecule has 0 aliphatic rings. The average Bonchev–Trinajstić information content (AvgIpc) is 2.98. The fourth-order valence-electron chi connectivity index (χ4n) is 3.02. The van der Waals surface area contributed by atoms with Gasteiger partial charge in [-0.25, -0.2) is 0 Å². The number of amides is 1. The number of nitrogens with one attached hydrogen (secondary N) is 2. The van der Waals surface area contributed by atoms with E-state index in [-0.39, 0.29) is 11.9 Å². The zero-order valence-electron chi connectivity index (χ0n) is 14.4. The predicted molar refractivity (Wildman–Crippen MR) is 103 cm³/mol. The third-order valence-corrected chi connectivity index (χ3v) is 4.62. The largest absolute Gasteiger partial charge is 0.361 e. The molecule has 3 aromatic rings. The molecule has 2 aromatic carbocycles. The van der Waals surface area contributed by atoms with Crippen molar-refractivity contribution in [1.82, 2.24) is 15.2 Å². The van der Waals surface area contributed by atoms with Crippen molar-refractivity contribution in [2.75, 3.05) is 20.6 Å². The maximum atomic E-state index is 12.4. The number of hydrogen-bond acceptors (Lipinski definition) is 2. The van der Waals surface area contributed by atoms with Gasteiger partial charge in [-0.1, -0.05) is 41.9 Å². The summed E-state index contributed by atoms with van der Waals surface area (Å²) in [5, 5.41) is 4.72. The highest BCUT2D eigenvalue weighted by Crippen LogP contribution is 2.23. The van der Waals surface area contributed by atoms with Crippen LogP contribution >= 0.6 is 11.6 Å². The van der Waals surface area contributed by atoms with E-state index in [1.165, 1.54) is 5.56 Å². The van der Waals surface area contributed by atoms with Gasteiger partial charge in [0, 0.05) is 28.7 Å². The molecule has 0 radical (unpaired) electrons. The van der Waals surface area contributed by atoms with Crippen molar-refractivity contribution in [3.8, 4) is 0 Å². The molecule has 0 fully saturated rings. The Kier molecular flexibility index (Phi) is 5.41. The normalized spacial score (nSPS) is 12.5. The monoisotopic (exact) mass is 355 g/mol. The highest BCUT2D eigenvalue weighted by Gasteiger charge is 2.16. The fourth-order valence-corrected chi connectivity index (χ4v) is 3.19. The number of aromatic nitrogens is 1. The van der Waals surface area contributed by atoms with Crippen molar-refractivity contribution in [2.24, 2.45) is 0 Å². The third kappa shape index (κ3) is 4.21. The van der Waals surface area contributed by atoms with Crippen LogP contribution in [0.2, 0.25) is 5.02 Å². The number of rotatable bonds is 6. The van der Waals surface area contributed by atoms with Gasteiger partial charge in [0.2, 0.25) is 5.91 Å². The van der Waals surface area contributed by atoms with Crippen LogP contribution in [0, 0.1) is 0 Å². The second-order valence-electron chi connectivity index (χ2n) is 6.37. The maximum Gasteiger partial charge on any atom is 0.224 e. The predicted octanol–water partition coefficient (Wildman–Crippen LogP) is 3.78. The Hall–Kier alpha value is -2.30. The quantitative estimate of drug-likeness (QED) is 0.706. The summed E-state index contributed by atoms with van der Waals surface area (Å²) in [6.45, 7) is 0.568. The van der Waals surface area contributed by atoms with E-state index < -0.39 is 0 Å². The molecular weight excluding hydrogens is 334 g/mol. The summed E-state index contributed by atoms with van der Waals surface area (Å²) in [6, 6.07) is 16.0. The molecule has 4 nitrogen and oxygen atoms in total. The number of likely N-dealkylation sites (N-methyl/N-ethyl adjacent to an activating group) is 1. The second-order valence-corrected chi connectivity index (χ2v) is 6.81. The van der Waals surface area contributed by atoms with Gasteiger partial charge in [0.25, 0.3) is 0 Å². The summed E-state index contributed by atoms with van der Waals surface area (Å²) in [5.41, 5.74) is 3.13. The van der Waals surface area contributed by atoms with Crippen LogP contribution < -0.4 is 5.32 Å². The lowest BCUT2D eigenvalue weighted by Gasteiger charge is -2.25. The molecule has 0 saturated heterocycles. The molecule has 5 heteroatoms. The van der Waals surface area contributed by atoms with Gasteiger partial charge in [-0.05, 0) is 43.4 Å². The van der Waals surface area contributed by atoms with Gasteiger partial charge in [0.1, 0.15) is 0 Å². The van der Waals surface area contributed by atoms with Gasteiger partial charge < -0.3 is 15.2 Å². The van der Waals surface area contributed by atoms with E-state index in [0.717, 1.165) is 16.5 Å². The molecule has 0 aliphatic carbocycles. The van der Waals surface area contributed by atoms with Crippen molar-refractivity contribution in [1.29, 1.82) is 0 Å². The molecule has 0 aliphatic heterocycles. The van der Waals surface area contributed by atoms with E-state index in [1.54, 1.807) is 0 Å². The third-order valence-electron chi connectivity index (χ3n) is 4.38. The van der Waals surface area contributed by atoms with E-state index in [9.17, 15) is 4.79 Å². The topological polar surface area (TPSA) is 48.1 Å². The fraction of sp³-hybridized carbons (Fsp3) is 0.250. The highest BCUT2D eigenvalue weighted by molar-refractivity contribution is 6.31. The Morgan fingerprint density at radius 3 is 2.68 bits per heavy atom. The first-order chi connectivity index (χ1) is 12.0. The van der Waals surface area contributed by atoms with Crippen LogP contribution in [-0.2, 0) is 11.2 Å². The summed E-state index contributed by atoms with van der Waals surface area (Å²) in [7, 11) is 4.04. The van der Waals surface area contributed by atoms with Crippen molar-refractivity contribution in [2.45, 2.75) is 12.5 Å². The minimum Gasteiger partial charge on any atom is -0.361 e. The first-order valence-electron chi connectivity index (χ1n) is 8.28. The summed E-state index contributed by atoms with van der Waals surface area (Å²) < 4.78 is 0. The second kappa shape index (κ2) is 7.72. The van der Waals surface area contributed by atoms with Crippen molar-refractivity contribution in [3.05, 3.63) is 70.9 Å². The van der Waals surface area contributed by atoms with E-state index in [1.807, 2.05) is 56.7 Å². The number of carbonyl (C=O) groups is 1. The van der Waals surface area contributed by atoms with Crippen LogP contribution in [0.1, 0.15) is 17.2 Å². The molecule has 130 valence electrons. The number of halogens is 1. The van der Waals surface area contributed by atoms with Crippen molar-refractivity contribution in [3.63, 3.8) is 0 Å². The lowest BCUT2D eigenvalue weighted by atomic mass is 10.1. The molecule has 1 unspecified atom stereocenters.